The van der Waals surface area contributed by atoms with Crippen LogP contribution in [-0.4, -0.2) is 42.3 Å². The molecule has 0 atom stereocenters. The first-order chi connectivity index (χ1) is 10.7. The summed E-state index contributed by atoms with van der Waals surface area (Å²) in [7, 11) is 0. The average molecular weight is 299 g/mol. The minimum absolute atomic E-state index is 0.496. The summed E-state index contributed by atoms with van der Waals surface area (Å²) in [4.78, 5) is 22.2. The molecule has 1 aromatic heterocycles. The summed E-state index contributed by atoms with van der Waals surface area (Å²) in [6, 6.07) is 8.98. The highest BCUT2D eigenvalue weighted by Crippen LogP contribution is 2.27. The Morgan fingerprint density at radius 2 is 1.95 bits per heavy atom. The van der Waals surface area contributed by atoms with Crippen LogP contribution in [0.4, 0.5) is 16.4 Å². The summed E-state index contributed by atoms with van der Waals surface area (Å²) in [6.07, 6.45) is 1.59. The number of primary amides is 1. The van der Waals surface area contributed by atoms with Gasteiger partial charge in [-0.05, 0) is 0 Å². The van der Waals surface area contributed by atoms with E-state index in [1.807, 2.05) is 30.3 Å². The Hall–Kier alpha value is -2.67. The molecule has 0 spiro atoms. The molecule has 1 saturated heterocycles. The van der Waals surface area contributed by atoms with Crippen molar-refractivity contribution in [2.24, 2.45) is 5.73 Å². The van der Waals surface area contributed by atoms with Gasteiger partial charge in [-0.15, -0.1) is 0 Å². The summed E-state index contributed by atoms with van der Waals surface area (Å²) < 4.78 is 5.34. The van der Waals surface area contributed by atoms with Crippen LogP contribution in [0.25, 0.3) is 11.3 Å². The van der Waals surface area contributed by atoms with E-state index in [2.05, 4.69) is 20.2 Å². The second-order valence-electron chi connectivity index (χ2n) is 4.89. The maximum absolute atomic E-state index is 11.2. The molecule has 0 aliphatic carbocycles. The van der Waals surface area contributed by atoms with Gasteiger partial charge < -0.3 is 20.7 Å². The number of benzene rings is 1. The number of carbonyl (C=O) groups is 1. The number of amides is 2. The molecule has 7 heteroatoms. The van der Waals surface area contributed by atoms with Crippen molar-refractivity contribution in [3.05, 3.63) is 36.5 Å². The van der Waals surface area contributed by atoms with E-state index in [4.69, 9.17) is 10.5 Å². The quantitative estimate of drug-likeness (QED) is 0.895. The fourth-order valence-electron chi connectivity index (χ4n) is 2.33. The lowest BCUT2D eigenvalue weighted by atomic mass is 10.1. The monoisotopic (exact) mass is 299 g/mol. The van der Waals surface area contributed by atoms with Crippen molar-refractivity contribution < 1.29 is 9.53 Å². The van der Waals surface area contributed by atoms with Crippen LogP contribution in [0.5, 0.6) is 0 Å². The van der Waals surface area contributed by atoms with Crippen molar-refractivity contribution in [2.45, 2.75) is 0 Å². The van der Waals surface area contributed by atoms with Crippen molar-refractivity contribution in [1.29, 1.82) is 0 Å². The molecule has 3 N–H and O–H groups in total. The third-order valence-electron chi connectivity index (χ3n) is 3.38. The summed E-state index contributed by atoms with van der Waals surface area (Å²) in [5.41, 5.74) is 7.26. The van der Waals surface area contributed by atoms with Gasteiger partial charge in [0.1, 0.15) is 0 Å². The molecule has 114 valence electrons. The molecule has 2 amide bonds. The maximum Gasteiger partial charge on any atom is 0.316 e. The highest BCUT2D eigenvalue weighted by Gasteiger charge is 2.17. The molecule has 3 rings (SSSR count). The number of hydrogen-bond acceptors (Lipinski definition) is 5. The van der Waals surface area contributed by atoms with Crippen molar-refractivity contribution in [1.82, 2.24) is 9.97 Å². The number of carbonyl (C=O) groups excluding carboxylic acids is 1. The number of ether oxygens (including phenoxy) is 1. The molecule has 2 aromatic rings. The van der Waals surface area contributed by atoms with E-state index in [9.17, 15) is 4.79 Å². The lowest BCUT2D eigenvalue weighted by Gasteiger charge is -2.27. The Labute approximate surface area is 128 Å². The Balaban J connectivity index is 2.00. The lowest BCUT2D eigenvalue weighted by Crippen LogP contribution is -2.37. The van der Waals surface area contributed by atoms with Crippen LogP contribution in [0, 0.1) is 0 Å². The number of hydrogen-bond donors (Lipinski definition) is 2. The number of rotatable bonds is 3. The van der Waals surface area contributed by atoms with Crippen LogP contribution in [0.15, 0.2) is 36.5 Å². The van der Waals surface area contributed by atoms with Crippen LogP contribution in [0.2, 0.25) is 0 Å². The summed E-state index contributed by atoms with van der Waals surface area (Å²) >= 11 is 0. The number of nitrogens with two attached hydrogens (primary N) is 1. The van der Waals surface area contributed by atoms with Crippen LogP contribution in [0.1, 0.15) is 0 Å². The molecule has 0 radical (unpaired) electrons. The number of nitrogens with one attached hydrogen (secondary N) is 1. The van der Waals surface area contributed by atoms with Crippen LogP contribution < -0.4 is 16.0 Å². The molecule has 0 bridgehead atoms. The smallest absolute Gasteiger partial charge is 0.316 e. The van der Waals surface area contributed by atoms with Crippen LogP contribution in [0.3, 0.4) is 0 Å². The number of nitrogens with zero attached hydrogens (tertiary/aromatic N) is 3. The van der Waals surface area contributed by atoms with Gasteiger partial charge in [0.2, 0.25) is 5.95 Å². The molecular weight excluding hydrogens is 282 g/mol. The number of aromatic nitrogens is 2. The number of anilines is 2. The molecular formula is C15H17N5O2. The highest BCUT2D eigenvalue weighted by atomic mass is 16.5. The maximum atomic E-state index is 11.2. The van der Waals surface area contributed by atoms with E-state index < -0.39 is 6.03 Å². The zero-order chi connectivity index (χ0) is 15.4. The number of urea groups is 1. The highest BCUT2D eigenvalue weighted by molar-refractivity contribution is 5.92. The van der Waals surface area contributed by atoms with Crippen molar-refractivity contribution >= 4 is 17.7 Å². The third-order valence-corrected chi connectivity index (χ3v) is 3.38. The number of morpholine rings is 1. The van der Waals surface area contributed by atoms with E-state index in [1.165, 1.54) is 0 Å². The average Bonchev–Trinajstić information content (AvgIpc) is 2.56. The van der Waals surface area contributed by atoms with E-state index >= 15 is 0 Å². The normalized spacial score (nSPS) is 14.6. The standard InChI is InChI=1S/C15H17N5O2/c16-14(21)18-12-10-17-15(20-6-8-22-9-7-20)19-13(12)11-4-2-1-3-5-11/h1-5,10H,6-9H2,(H3,16,18,21). The minimum Gasteiger partial charge on any atom is -0.378 e. The SMILES string of the molecule is NC(=O)Nc1cnc(N2CCOCC2)nc1-c1ccccc1. The molecule has 2 heterocycles. The van der Waals surface area contributed by atoms with E-state index in [1.54, 1.807) is 6.20 Å². The van der Waals surface area contributed by atoms with Gasteiger partial charge in [0.25, 0.3) is 0 Å². The predicted molar refractivity (Wildman–Crippen MR) is 83.7 cm³/mol. The van der Waals surface area contributed by atoms with Gasteiger partial charge in [0.15, 0.2) is 0 Å². The van der Waals surface area contributed by atoms with Crippen LogP contribution >= 0.6 is 0 Å². The van der Waals surface area contributed by atoms with Crippen molar-refractivity contribution in [2.75, 3.05) is 36.5 Å². The zero-order valence-corrected chi connectivity index (χ0v) is 12.0. The fourth-order valence-corrected chi connectivity index (χ4v) is 2.33. The Morgan fingerprint density at radius 3 is 2.64 bits per heavy atom. The van der Waals surface area contributed by atoms with Crippen molar-refractivity contribution in [3.63, 3.8) is 0 Å². The van der Waals surface area contributed by atoms with Crippen LogP contribution in [-0.2, 0) is 4.74 Å². The molecule has 1 aromatic carbocycles. The zero-order valence-electron chi connectivity index (χ0n) is 12.0. The second kappa shape index (κ2) is 6.40. The first kappa shape index (κ1) is 14.3. The fraction of sp³-hybridized carbons (Fsp3) is 0.267. The van der Waals surface area contributed by atoms with Gasteiger partial charge in [0.05, 0.1) is 30.8 Å². The molecule has 1 fully saturated rings. The van der Waals surface area contributed by atoms with Gasteiger partial charge in [0, 0.05) is 18.7 Å². The molecule has 0 unspecified atom stereocenters. The summed E-state index contributed by atoms with van der Waals surface area (Å²) in [6.45, 7) is 2.81. The first-order valence-corrected chi connectivity index (χ1v) is 7.05. The predicted octanol–water partition coefficient (Wildman–Crippen LogP) is 1.47. The molecule has 22 heavy (non-hydrogen) atoms. The van der Waals surface area contributed by atoms with Gasteiger partial charge >= 0.3 is 6.03 Å². The van der Waals surface area contributed by atoms with Gasteiger partial charge in [-0.25, -0.2) is 14.8 Å². The molecule has 1 aliphatic rings. The lowest BCUT2D eigenvalue weighted by molar-refractivity contribution is 0.122. The van der Waals surface area contributed by atoms with Gasteiger partial charge in [-0.1, -0.05) is 30.3 Å². The van der Waals surface area contributed by atoms with E-state index in [0.717, 1.165) is 18.7 Å². The Bertz CT molecular complexity index is 656. The van der Waals surface area contributed by atoms with Gasteiger partial charge in [-0.3, -0.25) is 0 Å². The van der Waals surface area contributed by atoms with Gasteiger partial charge in [-0.2, -0.15) is 0 Å². The van der Waals surface area contributed by atoms with Crippen molar-refractivity contribution in [3.8, 4) is 11.3 Å². The molecule has 7 nitrogen and oxygen atoms in total. The Kier molecular flexibility index (Phi) is 4.15. The summed E-state index contributed by atoms with van der Waals surface area (Å²) in [5, 5.41) is 2.57. The minimum atomic E-state index is -0.639. The molecule has 0 saturated carbocycles. The largest absolute Gasteiger partial charge is 0.378 e. The molecule has 1 aliphatic heterocycles. The summed E-state index contributed by atoms with van der Waals surface area (Å²) in [5.74, 6) is 0.622. The third kappa shape index (κ3) is 3.15. The Morgan fingerprint density at radius 1 is 1.23 bits per heavy atom. The first-order valence-electron chi connectivity index (χ1n) is 7.05. The second-order valence-corrected chi connectivity index (χ2v) is 4.89. The van der Waals surface area contributed by atoms with E-state index in [-0.39, 0.29) is 0 Å². The van der Waals surface area contributed by atoms with E-state index in [0.29, 0.717) is 30.5 Å². The topological polar surface area (TPSA) is 93.4 Å².